The summed E-state index contributed by atoms with van der Waals surface area (Å²) in [7, 11) is 1.86. The zero-order chi connectivity index (χ0) is 14.9. The summed E-state index contributed by atoms with van der Waals surface area (Å²) in [4.78, 5) is 10.5. The summed E-state index contributed by atoms with van der Waals surface area (Å²) >= 11 is 3.37. The van der Waals surface area contributed by atoms with Gasteiger partial charge in [-0.05, 0) is 35.8 Å². The summed E-state index contributed by atoms with van der Waals surface area (Å²) in [5.41, 5.74) is 2.61. The first-order valence-corrected chi connectivity index (χ1v) is 6.87. The molecule has 1 N–H and O–H groups in total. The third-order valence-electron chi connectivity index (χ3n) is 3.08. The van der Waals surface area contributed by atoms with Crippen LogP contribution in [0.1, 0.15) is 24.1 Å². The molecule has 0 bridgehead atoms. The zero-order valence-electron chi connectivity index (χ0n) is 11.4. The Labute approximate surface area is 125 Å². The molecule has 0 fully saturated rings. The molecule has 6 nitrogen and oxygen atoms in total. The largest absolute Gasteiger partial charge is 0.377 e. The maximum absolute atomic E-state index is 10.9. The predicted octanol–water partition coefficient (Wildman–Crippen LogP) is 3.57. The van der Waals surface area contributed by atoms with Gasteiger partial charge in [-0.15, -0.1) is 0 Å². The van der Waals surface area contributed by atoms with Gasteiger partial charge in [-0.2, -0.15) is 5.10 Å². The van der Waals surface area contributed by atoms with E-state index in [1.807, 2.05) is 20.2 Å². The van der Waals surface area contributed by atoms with Gasteiger partial charge in [-0.25, -0.2) is 0 Å². The van der Waals surface area contributed by atoms with Gasteiger partial charge in [-0.3, -0.25) is 14.8 Å². The molecule has 0 spiro atoms. The molecule has 1 heterocycles. The number of benzene rings is 1. The molecule has 0 aliphatic heterocycles. The Morgan fingerprint density at radius 1 is 1.50 bits per heavy atom. The van der Waals surface area contributed by atoms with Crippen molar-refractivity contribution in [2.24, 2.45) is 7.05 Å². The number of halogens is 1. The van der Waals surface area contributed by atoms with Gasteiger partial charge in [-0.1, -0.05) is 0 Å². The Balaban J connectivity index is 2.25. The molecular formula is C13H15BrN4O2. The third kappa shape index (κ3) is 2.98. The number of nitrogens with one attached hydrogen (secondary N) is 1. The summed E-state index contributed by atoms with van der Waals surface area (Å²) < 4.78 is 2.41. The fourth-order valence-electron chi connectivity index (χ4n) is 1.96. The van der Waals surface area contributed by atoms with Crippen molar-refractivity contribution >= 4 is 27.3 Å². The zero-order valence-corrected chi connectivity index (χ0v) is 13.0. The highest BCUT2D eigenvalue weighted by Gasteiger charge is 2.16. The van der Waals surface area contributed by atoms with E-state index in [0.717, 1.165) is 11.3 Å². The number of nitro benzene ring substituents is 1. The maximum atomic E-state index is 10.9. The first-order chi connectivity index (χ1) is 9.38. The number of rotatable bonds is 4. The molecule has 7 heteroatoms. The summed E-state index contributed by atoms with van der Waals surface area (Å²) in [5, 5.41) is 18.3. The Morgan fingerprint density at radius 2 is 2.20 bits per heavy atom. The Hall–Kier alpha value is -1.89. The molecular weight excluding hydrogens is 324 g/mol. The van der Waals surface area contributed by atoms with Gasteiger partial charge in [0.05, 0.1) is 17.2 Å². The second-order valence-corrected chi connectivity index (χ2v) is 5.54. The molecule has 106 valence electrons. The minimum atomic E-state index is -0.381. The first-order valence-electron chi connectivity index (χ1n) is 6.08. The molecule has 0 amide bonds. The van der Waals surface area contributed by atoms with Gasteiger partial charge in [0.1, 0.15) is 0 Å². The molecule has 0 saturated heterocycles. The van der Waals surface area contributed by atoms with E-state index in [4.69, 9.17) is 0 Å². The molecule has 1 aromatic carbocycles. The van der Waals surface area contributed by atoms with E-state index in [2.05, 4.69) is 26.3 Å². The number of hydrogen-bond acceptors (Lipinski definition) is 4. The molecule has 0 radical (unpaired) electrons. The summed E-state index contributed by atoms with van der Waals surface area (Å²) in [6.45, 7) is 3.74. The van der Waals surface area contributed by atoms with Crippen molar-refractivity contribution in [1.29, 1.82) is 0 Å². The Morgan fingerprint density at radius 3 is 2.75 bits per heavy atom. The van der Waals surface area contributed by atoms with E-state index < -0.39 is 0 Å². The minimum Gasteiger partial charge on any atom is -0.377 e. The first kappa shape index (κ1) is 14.5. The van der Waals surface area contributed by atoms with Gasteiger partial charge in [0, 0.05) is 40.6 Å². The number of nitro groups is 1. The fourth-order valence-corrected chi connectivity index (χ4v) is 2.40. The van der Waals surface area contributed by atoms with E-state index in [-0.39, 0.29) is 16.7 Å². The fraction of sp³-hybridized carbons (Fsp3) is 0.308. The molecule has 0 saturated carbocycles. The summed E-state index contributed by atoms with van der Waals surface area (Å²) in [5.74, 6) is 0. The van der Waals surface area contributed by atoms with Gasteiger partial charge < -0.3 is 5.32 Å². The normalized spacial score (nSPS) is 12.2. The number of aryl methyl sites for hydroxylation is 2. The van der Waals surface area contributed by atoms with Crippen molar-refractivity contribution in [1.82, 2.24) is 9.78 Å². The highest BCUT2D eigenvalue weighted by molar-refractivity contribution is 9.10. The Kier molecular flexibility index (Phi) is 4.08. The lowest BCUT2D eigenvalue weighted by Crippen LogP contribution is -2.07. The average Bonchev–Trinajstić information content (AvgIpc) is 2.79. The molecule has 0 aliphatic rings. The summed E-state index contributed by atoms with van der Waals surface area (Å²) in [6.07, 6.45) is 3.73. The number of aromatic nitrogens is 2. The lowest BCUT2D eigenvalue weighted by atomic mass is 10.1. The lowest BCUT2D eigenvalue weighted by molar-refractivity contribution is -0.385. The number of anilines is 1. The molecule has 0 aliphatic carbocycles. The molecule has 2 rings (SSSR count). The van der Waals surface area contributed by atoms with Crippen LogP contribution in [0.25, 0.3) is 0 Å². The van der Waals surface area contributed by atoms with Crippen LogP contribution in [-0.2, 0) is 7.05 Å². The van der Waals surface area contributed by atoms with E-state index in [1.54, 1.807) is 23.9 Å². The topological polar surface area (TPSA) is 73.0 Å². The van der Waals surface area contributed by atoms with Crippen LogP contribution in [0.5, 0.6) is 0 Å². The van der Waals surface area contributed by atoms with Crippen molar-refractivity contribution < 1.29 is 4.92 Å². The smallest absolute Gasteiger partial charge is 0.273 e. The third-order valence-corrected chi connectivity index (χ3v) is 3.74. The SMILES string of the molecule is Cc1cc(NC(C)c2cnn(C)c2)c(Br)cc1[N+](=O)[O-]. The molecule has 1 atom stereocenters. The van der Waals surface area contributed by atoms with Crippen LogP contribution in [0.3, 0.4) is 0 Å². The van der Waals surface area contributed by atoms with Gasteiger partial charge >= 0.3 is 0 Å². The monoisotopic (exact) mass is 338 g/mol. The van der Waals surface area contributed by atoms with Crippen LogP contribution in [0.2, 0.25) is 0 Å². The Bertz CT molecular complexity index is 654. The predicted molar refractivity (Wildman–Crippen MR) is 80.8 cm³/mol. The summed E-state index contributed by atoms with van der Waals surface area (Å²) in [6, 6.07) is 3.35. The number of hydrogen-bond donors (Lipinski definition) is 1. The van der Waals surface area contributed by atoms with Crippen molar-refractivity contribution in [2.45, 2.75) is 19.9 Å². The van der Waals surface area contributed by atoms with Crippen LogP contribution < -0.4 is 5.32 Å². The van der Waals surface area contributed by atoms with Crippen molar-refractivity contribution in [3.05, 3.63) is 50.2 Å². The number of nitrogens with zero attached hydrogens (tertiary/aromatic N) is 3. The minimum absolute atomic E-state index is 0.0563. The van der Waals surface area contributed by atoms with E-state index in [9.17, 15) is 10.1 Å². The quantitative estimate of drug-likeness (QED) is 0.683. The second-order valence-electron chi connectivity index (χ2n) is 4.69. The van der Waals surface area contributed by atoms with Crippen LogP contribution in [0.15, 0.2) is 29.0 Å². The molecule has 2 aromatic rings. The van der Waals surface area contributed by atoms with E-state index >= 15 is 0 Å². The molecule has 1 unspecified atom stereocenters. The van der Waals surface area contributed by atoms with E-state index in [1.165, 1.54) is 6.07 Å². The lowest BCUT2D eigenvalue weighted by Gasteiger charge is -2.15. The van der Waals surface area contributed by atoms with Gasteiger partial charge in [0.2, 0.25) is 0 Å². The van der Waals surface area contributed by atoms with Gasteiger partial charge in [0.15, 0.2) is 0 Å². The van der Waals surface area contributed by atoms with Crippen LogP contribution >= 0.6 is 15.9 Å². The highest BCUT2D eigenvalue weighted by atomic mass is 79.9. The van der Waals surface area contributed by atoms with Crippen LogP contribution in [-0.4, -0.2) is 14.7 Å². The molecule has 20 heavy (non-hydrogen) atoms. The standard InChI is InChI=1S/C13H15BrN4O2/c1-8-4-12(11(14)5-13(8)18(19)20)16-9(2)10-6-15-17(3)7-10/h4-7,9,16H,1-3H3. The maximum Gasteiger partial charge on any atom is 0.273 e. The van der Waals surface area contributed by atoms with Crippen LogP contribution in [0.4, 0.5) is 11.4 Å². The average molecular weight is 339 g/mol. The highest BCUT2D eigenvalue weighted by Crippen LogP contribution is 2.32. The van der Waals surface area contributed by atoms with Gasteiger partial charge in [0.25, 0.3) is 5.69 Å². The van der Waals surface area contributed by atoms with Crippen molar-refractivity contribution in [3.63, 3.8) is 0 Å². The van der Waals surface area contributed by atoms with Crippen molar-refractivity contribution in [2.75, 3.05) is 5.32 Å². The van der Waals surface area contributed by atoms with Crippen LogP contribution in [0, 0.1) is 17.0 Å². The molecule has 1 aromatic heterocycles. The second kappa shape index (κ2) is 5.62. The van der Waals surface area contributed by atoms with Crippen molar-refractivity contribution in [3.8, 4) is 0 Å². The van der Waals surface area contributed by atoms with E-state index in [0.29, 0.717) is 10.0 Å².